The zero-order chi connectivity index (χ0) is 15.5. The highest BCUT2D eigenvalue weighted by Crippen LogP contribution is 2.28. The van der Waals surface area contributed by atoms with Gasteiger partial charge in [-0.15, -0.1) is 11.8 Å². The molecule has 0 saturated carbocycles. The van der Waals surface area contributed by atoms with Crippen molar-refractivity contribution in [1.82, 2.24) is 0 Å². The minimum atomic E-state index is -0.997. The molecule has 0 heterocycles. The molecule has 0 unspecified atom stereocenters. The SMILES string of the molecule is Cc1cc(C)c(NC(=O)CSC(C)(C)C(=O)O)c(Cl)c1. The molecule has 4 nitrogen and oxygen atoms in total. The molecule has 0 saturated heterocycles. The molecular formula is C14H18ClNO3S. The first-order valence-electron chi connectivity index (χ1n) is 6.07. The summed E-state index contributed by atoms with van der Waals surface area (Å²) in [5.74, 6) is -1.15. The number of nitrogens with one attached hydrogen (secondary N) is 1. The normalized spacial score (nSPS) is 11.2. The molecule has 0 aliphatic heterocycles. The number of aliphatic carboxylic acids is 1. The third-order valence-electron chi connectivity index (χ3n) is 2.78. The van der Waals surface area contributed by atoms with Crippen LogP contribution in [0.2, 0.25) is 5.02 Å². The first-order valence-corrected chi connectivity index (χ1v) is 7.44. The number of hydrogen-bond acceptors (Lipinski definition) is 3. The van der Waals surface area contributed by atoms with E-state index < -0.39 is 10.7 Å². The Balaban J connectivity index is 2.71. The second kappa shape index (κ2) is 6.50. The molecule has 0 aliphatic rings. The van der Waals surface area contributed by atoms with Gasteiger partial charge in [0.25, 0.3) is 0 Å². The molecule has 1 amide bonds. The molecule has 0 aromatic heterocycles. The fourth-order valence-electron chi connectivity index (χ4n) is 1.56. The number of carboxylic acids is 1. The van der Waals surface area contributed by atoms with E-state index in [1.54, 1.807) is 19.9 Å². The molecule has 2 N–H and O–H groups in total. The molecule has 1 aromatic rings. The number of anilines is 1. The molecule has 0 radical (unpaired) electrons. The maximum atomic E-state index is 11.9. The Labute approximate surface area is 127 Å². The third-order valence-corrected chi connectivity index (χ3v) is 4.38. The van der Waals surface area contributed by atoms with Crippen LogP contribution in [-0.4, -0.2) is 27.5 Å². The van der Waals surface area contributed by atoms with Crippen molar-refractivity contribution in [2.45, 2.75) is 32.4 Å². The highest BCUT2D eigenvalue weighted by Gasteiger charge is 2.28. The highest BCUT2D eigenvalue weighted by molar-refractivity contribution is 8.02. The molecule has 1 rings (SSSR count). The first kappa shape index (κ1) is 16.9. The molecule has 20 heavy (non-hydrogen) atoms. The lowest BCUT2D eigenvalue weighted by molar-refractivity contribution is -0.138. The average Bonchev–Trinajstić information content (AvgIpc) is 2.31. The van der Waals surface area contributed by atoms with Crippen LogP contribution >= 0.6 is 23.4 Å². The Morgan fingerprint density at radius 2 is 1.95 bits per heavy atom. The first-order chi connectivity index (χ1) is 9.13. The van der Waals surface area contributed by atoms with Crippen LogP contribution in [0.3, 0.4) is 0 Å². The summed E-state index contributed by atoms with van der Waals surface area (Å²) in [6, 6.07) is 3.70. The third kappa shape index (κ3) is 4.42. The van der Waals surface area contributed by atoms with Gasteiger partial charge in [-0.3, -0.25) is 9.59 Å². The summed E-state index contributed by atoms with van der Waals surface area (Å²) >= 11 is 7.18. The van der Waals surface area contributed by atoms with Gasteiger partial charge in [-0.2, -0.15) is 0 Å². The van der Waals surface area contributed by atoms with E-state index in [2.05, 4.69) is 5.32 Å². The standard InChI is InChI=1S/C14H18ClNO3S/c1-8-5-9(2)12(10(15)6-8)16-11(17)7-20-14(3,4)13(18)19/h5-6H,7H2,1-4H3,(H,16,17)(H,18,19). The average molecular weight is 316 g/mol. The molecule has 0 atom stereocenters. The number of hydrogen-bond donors (Lipinski definition) is 2. The summed E-state index contributed by atoms with van der Waals surface area (Å²) in [5.41, 5.74) is 2.48. The van der Waals surface area contributed by atoms with Crippen LogP contribution in [-0.2, 0) is 9.59 Å². The van der Waals surface area contributed by atoms with Crippen LogP contribution in [0.5, 0.6) is 0 Å². The largest absolute Gasteiger partial charge is 0.480 e. The lowest BCUT2D eigenvalue weighted by atomic mass is 10.1. The maximum Gasteiger partial charge on any atom is 0.319 e. The van der Waals surface area contributed by atoms with Crippen molar-refractivity contribution in [3.8, 4) is 0 Å². The van der Waals surface area contributed by atoms with Gasteiger partial charge in [0.2, 0.25) is 5.91 Å². The predicted octanol–water partition coefficient (Wildman–Crippen LogP) is 3.49. The molecule has 1 aromatic carbocycles. The highest BCUT2D eigenvalue weighted by atomic mass is 35.5. The van der Waals surface area contributed by atoms with Crippen molar-refractivity contribution in [2.75, 3.05) is 11.1 Å². The van der Waals surface area contributed by atoms with Crippen LogP contribution in [0, 0.1) is 13.8 Å². The second-order valence-electron chi connectivity index (χ2n) is 5.09. The van der Waals surface area contributed by atoms with Crippen LogP contribution in [0.1, 0.15) is 25.0 Å². The van der Waals surface area contributed by atoms with Gasteiger partial charge >= 0.3 is 5.97 Å². The summed E-state index contributed by atoms with van der Waals surface area (Å²) in [6.45, 7) is 6.92. The number of halogens is 1. The monoisotopic (exact) mass is 315 g/mol. The van der Waals surface area contributed by atoms with E-state index in [4.69, 9.17) is 16.7 Å². The summed E-state index contributed by atoms with van der Waals surface area (Å²) in [4.78, 5) is 22.9. The van der Waals surface area contributed by atoms with Gasteiger partial charge in [-0.1, -0.05) is 17.7 Å². The van der Waals surface area contributed by atoms with Gasteiger partial charge in [-0.05, 0) is 44.9 Å². The van der Waals surface area contributed by atoms with Crippen molar-refractivity contribution < 1.29 is 14.7 Å². The maximum absolute atomic E-state index is 11.9. The van der Waals surface area contributed by atoms with Gasteiger partial charge < -0.3 is 10.4 Å². The fourth-order valence-corrected chi connectivity index (χ4v) is 2.61. The Bertz CT molecular complexity index is 520. The van der Waals surface area contributed by atoms with Crippen LogP contribution < -0.4 is 5.32 Å². The quantitative estimate of drug-likeness (QED) is 0.873. The Hall–Kier alpha value is -1.20. The Morgan fingerprint density at radius 3 is 2.45 bits per heavy atom. The number of carbonyl (C=O) groups is 2. The minimum Gasteiger partial charge on any atom is -0.480 e. The van der Waals surface area contributed by atoms with Gasteiger partial charge in [-0.25, -0.2) is 0 Å². The minimum absolute atomic E-state index is 0.0585. The van der Waals surface area contributed by atoms with E-state index >= 15 is 0 Å². The number of thioether (sulfide) groups is 1. The molecular weight excluding hydrogens is 298 g/mol. The summed E-state index contributed by atoms with van der Waals surface area (Å²) in [5, 5.41) is 12.2. The molecule has 0 fully saturated rings. The van der Waals surface area contributed by atoms with Crippen molar-refractivity contribution in [2.24, 2.45) is 0 Å². The number of carboxylic acid groups (broad SMARTS) is 1. The zero-order valence-corrected chi connectivity index (χ0v) is 13.5. The summed E-state index contributed by atoms with van der Waals surface area (Å²) < 4.78 is -0.997. The van der Waals surface area contributed by atoms with Crippen molar-refractivity contribution in [3.05, 3.63) is 28.3 Å². The molecule has 6 heteroatoms. The lowest BCUT2D eigenvalue weighted by Crippen LogP contribution is -2.29. The van der Waals surface area contributed by atoms with Gasteiger partial charge in [0.15, 0.2) is 0 Å². The smallest absolute Gasteiger partial charge is 0.319 e. The van der Waals surface area contributed by atoms with E-state index in [0.717, 1.165) is 22.9 Å². The van der Waals surface area contributed by atoms with Crippen molar-refractivity contribution >= 4 is 40.9 Å². The Kier molecular flexibility index (Phi) is 5.48. The van der Waals surface area contributed by atoms with Crippen LogP contribution in [0.15, 0.2) is 12.1 Å². The number of amides is 1. The van der Waals surface area contributed by atoms with E-state index in [9.17, 15) is 9.59 Å². The van der Waals surface area contributed by atoms with Crippen LogP contribution in [0.25, 0.3) is 0 Å². The van der Waals surface area contributed by atoms with E-state index in [0.29, 0.717) is 10.7 Å². The number of aryl methyl sites for hydroxylation is 2. The molecule has 0 bridgehead atoms. The lowest BCUT2D eigenvalue weighted by Gasteiger charge is -2.18. The number of benzene rings is 1. The zero-order valence-electron chi connectivity index (χ0n) is 11.9. The molecule has 110 valence electrons. The molecule has 0 aliphatic carbocycles. The van der Waals surface area contributed by atoms with Gasteiger partial charge in [0, 0.05) is 0 Å². The number of carbonyl (C=O) groups excluding carboxylic acids is 1. The van der Waals surface area contributed by atoms with E-state index in [1.807, 2.05) is 19.9 Å². The van der Waals surface area contributed by atoms with Gasteiger partial charge in [0.05, 0.1) is 16.5 Å². The van der Waals surface area contributed by atoms with E-state index in [1.165, 1.54) is 0 Å². The van der Waals surface area contributed by atoms with Crippen molar-refractivity contribution in [1.29, 1.82) is 0 Å². The van der Waals surface area contributed by atoms with Crippen LogP contribution in [0.4, 0.5) is 5.69 Å². The fraction of sp³-hybridized carbons (Fsp3) is 0.429. The van der Waals surface area contributed by atoms with Gasteiger partial charge in [0.1, 0.15) is 4.75 Å². The van der Waals surface area contributed by atoms with E-state index in [-0.39, 0.29) is 11.7 Å². The summed E-state index contributed by atoms with van der Waals surface area (Å²) in [6.07, 6.45) is 0. The topological polar surface area (TPSA) is 66.4 Å². The second-order valence-corrected chi connectivity index (χ2v) is 7.10. The Morgan fingerprint density at radius 1 is 1.35 bits per heavy atom. The van der Waals surface area contributed by atoms with Crippen molar-refractivity contribution in [3.63, 3.8) is 0 Å². The molecule has 0 spiro atoms. The summed E-state index contributed by atoms with van der Waals surface area (Å²) in [7, 11) is 0. The predicted molar refractivity (Wildman–Crippen MR) is 83.7 cm³/mol. The number of rotatable bonds is 5.